The molecule has 3 aromatic rings. The van der Waals surface area contributed by atoms with Crippen molar-refractivity contribution >= 4 is 23.3 Å². The van der Waals surface area contributed by atoms with E-state index in [0.29, 0.717) is 32.0 Å². The lowest BCUT2D eigenvalue weighted by atomic mass is 10.1. The van der Waals surface area contributed by atoms with Crippen molar-refractivity contribution in [2.75, 3.05) is 42.3 Å². The van der Waals surface area contributed by atoms with E-state index < -0.39 is 11.7 Å². The molecule has 1 aliphatic rings. The van der Waals surface area contributed by atoms with Crippen LogP contribution in [0.1, 0.15) is 11.3 Å². The molecule has 0 saturated carbocycles. The molecule has 4 heterocycles. The number of anilines is 4. The minimum Gasteiger partial charge on any atom is -0.384 e. The van der Waals surface area contributed by atoms with Crippen LogP contribution in [0.5, 0.6) is 0 Å². The predicted molar refractivity (Wildman–Crippen MR) is 110 cm³/mol. The van der Waals surface area contributed by atoms with Crippen LogP contribution < -0.4 is 16.0 Å². The first-order chi connectivity index (χ1) is 15.3. The first-order valence-electron chi connectivity index (χ1n) is 9.51. The second-order valence-corrected chi connectivity index (χ2v) is 6.86. The molecule has 0 amide bonds. The maximum atomic E-state index is 13.7. The van der Waals surface area contributed by atoms with Gasteiger partial charge in [-0.1, -0.05) is 0 Å². The molecule has 1 aliphatic heterocycles. The lowest BCUT2D eigenvalue weighted by molar-refractivity contribution is -0.137. The largest absolute Gasteiger partial charge is 0.417 e. The van der Waals surface area contributed by atoms with Gasteiger partial charge in [0, 0.05) is 30.9 Å². The van der Waals surface area contributed by atoms with E-state index in [9.17, 15) is 13.2 Å². The normalized spacial score (nSPS) is 14.1. The van der Waals surface area contributed by atoms with Gasteiger partial charge in [0.2, 0.25) is 5.95 Å². The summed E-state index contributed by atoms with van der Waals surface area (Å²) < 4.78 is 46.4. The molecule has 0 atom stereocenters. The molecule has 3 aromatic heterocycles. The smallest absolute Gasteiger partial charge is 0.384 e. The number of nitriles is 1. The first kappa shape index (κ1) is 21.3. The summed E-state index contributed by atoms with van der Waals surface area (Å²) in [7, 11) is 0. The molecule has 9 nitrogen and oxygen atoms in total. The number of aromatic nitrogens is 4. The zero-order chi connectivity index (χ0) is 22.7. The van der Waals surface area contributed by atoms with Crippen LogP contribution in [0, 0.1) is 11.3 Å². The molecule has 12 heteroatoms. The molecule has 0 aromatic carbocycles. The summed E-state index contributed by atoms with van der Waals surface area (Å²) in [6.45, 7) is 1.89. The van der Waals surface area contributed by atoms with Crippen LogP contribution in [-0.2, 0) is 10.9 Å². The van der Waals surface area contributed by atoms with E-state index in [4.69, 9.17) is 15.7 Å². The van der Waals surface area contributed by atoms with E-state index in [0.717, 1.165) is 12.3 Å². The Hall–Kier alpha value is -3.98. The quantitative estimate of drug-likeness (QED) is 0.627. The Morgan fingerprint density at radius 1 is 1.09 bits per heavy atom. The minimum atomic E-state index is -4.65. The Balaban J connectivity index is 1.80. The van der Waals surface area contributed by atoms with E-state index in [1.807, 2.05) is 11.0 Å². The fraction of sp³-hybridized carbons (Fsp3) is 0.250. The van der Waals surface area contributed by atoms with E-state index in [2.05, 4.69) is 25.3 Å². The summed E-state index contributed by atoms with van der Waals surface area (Å²) in [5, 5.41) is 11.9. The van der Waals surface area contributed by atoms with Crippen LogP contribution in [0.2, 0.25) is 0 Å². The number of pyridine rings is 2. The Bertz CT molecular complexity index is 1150. The second kappa shape index (κ2) is 8.64. The summed E-state index contributed by atoms with van der Waals surface area (Å²) in [6, 6.07) is 7.23. The lowest BCUT2D eigenvalue weighted by Crippen LogP contribution is -2.37. The highest BCUT2D eigenvalue weighted by atomic mass is 19.4. The number of nitrogens with zero attached hydrogens (tertiary/aromatic N) is 6. The Morgan fingerprint density at radius 3 is 2.53 bits per heavy atom. The van der Waals surface area contributed by atoms with Gasteiger partial charge in [0.15, 0.2) is 0 Å². The molecule has 1 saturated heterocycles. The Kier molecular flexibility index (Phi) is 5.74. The zero-order valence-corrected chi connectivity index (χ0v) is 16.6. The van der Waals surface area contributed by atoms with Crippen molar-refractivity contribution < 1.29 is 17.9 Å². The molecule has 0 aliphatic carbocycles. The van der Waals surface area contributed by atoms with Crippen LogP contribution in [0.25, 0.3) is 11.3 Å². The van der Waals surface area contributed by atoms with Gasteiger partial charge < -0.3 is 20.7 Å². The molecule has 32 heavy (non-hydrogen) atoms. The number of nitrogens with two attached hydrogens (primary N) is 1. The highest BCUT2D eigenvalue weighted by Crippen LogP contribution is 2.38. The predicted octanol–water partition coefficient (Wildman–Crippen LogP) is 2.99. The number of halogens is 3. The summed E-state index contributed by atoms with van der Waals surface area (Å²) >= 11 is 0. The summed E-state index contributed by atoms with van der Waals surface area (Å²) in [5.41, 5.74) is 5.11. The number of morpholine rings is 1. The third-order valence-corrected chi connectivity index (χ3v) is 4.67. The molecule has 4 rings (SSSR count). The van der Waals surface area contributed by atoms with E-state index in [-0.39, 0.29) is 34.5 Å². The van der Waals surface area contributed by atoms with E-state index in [1.54, 1.807) is 6.07 Å². The molecule has 3 N–H and O–H groups in total. The van der Waals surface area contributed by atoms with Crippen molar-refractivity contribution in [2.45, 2.75) is 6.18 Å². The standard InChI is InChI=1S/C20H17F3N8O/c21-20(22,23)15-7-17(25)27-11-14(15)16-8-18(28-13-2-1-12(9-24)26-10-13)30-19(29-16)31-3-5-32-6-4-31/h1-2,7-8,10-11H,3-6H2,(H2,25,27)(H,28,29,30). The van der Waals surface area contributed by atoms with Crippen molar-refractivity contribution in [3.63, 3.8) is 0 Å². The van der Waals surface area contributed by atoms with Crippen molar-refractivity contribution in [2.24, 2.45) is 0 Å². The molecule has 0 spiro atoms. The van der Waals surface area contributed by atoms with Crippen LogP contribution in [0.4, 0.5) is 36.4 Å². The minimum absolute atomic E-state index is 0.0328. The van der Waals surface area contributed by atoms with Crippen LogP contribution >= 0.6 is 0 Å². The van der Waals surface area contributed by atoms with Crippen molar-refractivity contribution in [1.82, 2.24) is 19.9 Å². The Morgan fingerprint density at radius 2 is 1.88 bits per heavy atom. The first-order valence-corrected chi connectivity index (χ1v) is 9.51. The third-order valence-electron chi connectivity index (χ3n) is 4.67. The summed E-state index contributed by atoms with van der Waals surface area (Å²) in [4.78, 5) is 18.5. The number of nitrogen functional groups attached to an aromatic ring is 1. The van der Waals surface area contributed by atoms with Gasteiger partial charge in [-0.05, 0) is 18.2 Å². The van der Waals surface area contributed by atoms with Crippen LogP contribution in [-0.4, -0.2) is 46.2 Å². The van der Waals surface area contributed by atoms with Gasteiger partial charge in [-0.15, -0.1) is 0 Å². The average molecular weight is 442 g/mol. The van der Waals surface area contributed by atoms with Crippen molar-refractivity contribution in [1.29, 1.82) is 5.26 Å². The SMILES string of the molecule is N#Cc1ccc(Nc2cc(-c3cnc(N)cc3C(F)(F)F)nc(N3CCOCC3)n2)cn1. The fourth-order valence-corrected chi connectivity index (χ4v) is 3.13. The number of hydrogen-bond acceptors (Lipinski definition) is 9. The number of hydrogen-bond donors (Lipinski definition) is 2. The molecule has 1 fully saturated rings. The van der Waals surface area contributed by atoms with Crippen molar-refractivity contribution in [3.05, 3.63) is 47.9 Å². The van der Waals surface area contributed by atoms with Gasteiger partial charge in [0.1, 0.15) is 23.4 Å². The zero-order valence-electron chi connectivity index (χ0n) is 16.6. The van der Waals surface area contributed by atoms with Gasteiger partial charge in [0.25, 0.3) is 0 Å². The maximum Gasteiger partial charge on any atom is 0.417 e. The number of nitrogens with one attached hydrogen (secondary N) is 1. The van der Waals surface area contributed by atoms with Crippen LogP contribution in [0.15, 0.2) is 36.7 Å². The summed E-state index contributed by atoms with van der Waals surface area (Å²) in [6.07, 6.45) is -2.17. The van der Waals surface area contributed by atoms with Gasteiger partial charge in [0.05, 0.1) is 36.4 Å². The topological polar surface area (TPSA) is 126 Å². The average Bonchev–Trinajstić information content (AvgIpc) is 2.79. The monoisotopic (exact) mass is 442 g/mol. The highest BCUT2D eigenvalue weighted by molar-refractivity contribution is 5.71. The molecular formula is C20H17F3N8O. The molecular weight excluding hydrogens is 425 g/mol. The highest BCUT2D eigenvalue weighted by Gasteiger charge is 2.35. The van der Waals surface area contributed by atoms with E-state index >= 15 is 0 Å². The molecule has 0 bridgehead atoms. The third kappa shape index (κ3) is 4.68. The number of rotatable bonds is 4. The van der Waals surface area contributed by atoms with Gasteiger partial charge >= 0.3 is 6.18 Å². The molecule has 0 radical (unpaired) electrons. The Labute approximate surface area is 180 Å². The molecule has 0 unspecified atom stereocenters. The fourth-order valence-electron chi connectivity index (χ4n) is 3.13. The van der Waals surface area contributed by atoms with Gasteiger partial charge in [-0.25, -0.2) is 15.0 Å². The van der Waals surface area contributed by atoms with Crippen molar-refractivity contribution in [3.8, 4) is 17.3 Å². The second-order valence-electron chi connectivity index (χ2n) is 6.86. The number of alkyl halides is 3. The maximum absolute atomic E-state index is 13.7. The number of ether oxygens (including phenoxy) is 1. The van der Waals surface area contributed by atoms with E-state index in [1.165, 1.54) is 18.3 Å². The molecule has 164 valence electrons. The lowest BCUT2D eigenvalue weighted by Gasteiger charge is -2.27. The van der Waals surface area contributed by atoms with Gasteiger partial charge in [-0.2, -0.15) is 23.4 Å². The van der Waals surface area contributed by atoms with Gasteiger partial charge in [-0.3, -0.25) is 0 Å². The summed E-state index contributed by atoms with van der Waals surface area (Å²) in [5.74, 6) is 0.262. The van der Waals surface area contributed by atoms with Crippen LogP contribution in [0.3, 0.4) is 0 Å².